The molecule has 2 aliphatic rings. The molecule has 2 aromatic rings. The number of carbonyl (C=O) groups excluding carboxylic acids is 1. The summed E-state index contributed by atoms with van der Waals surface area (Å²) in [7, 11) is -3.91. The Morgan fingerprint density at radius 3 is 2.30 bits per heavy atom. The molecular formula is C24H27FN4O3S. The van der Waals surface area contributed by atoms with Crippen LogP contribution in [0.3, 0.4) is 0 Å². The first-order chi connectivity index (χ1) is 15.9. The van der Waals surface area contributed by atoms with E-state index in [-0.39, 0.29) is 29.8 Å². The van der Waals surface area contributed by atoms with Gasteiger partial charge in [0, 0.05) is 50.9 Å². The van der Waals surface area contributed by atoms with Crippen molar-refractivity contribution in [2.75, 3.05) is 44.2 Å². The molecule has 2 aliphatic heterocycles. The van der Waals surface area contributed by atoms with Gasteiger partial charge in [-0.25, -0.2) is 12.8 Å². The molecule has 2 fully saturated rings. The number of halogens is 1. The number of anilines is 1. The Kier molecular flexibility index (Phi) is 6.96. The molecule has 7 nitrogen and oxygen atoms in total. The van der Waals surface area contributed by atoms with E-state index in [1.807, 2.05) is 17.0 Å². The third kappa shape index (κ3) is 5.02. The Balaban J connectivity index is 1.34. The number of rotatable bonds is 4. The molecule has 0 unspecified atom stereocenters. The number of piperidine rings is 1. The molecule has 0 radical (unpaired) electrons. The molecule has 0 atom stereocenters. The van der Waals surface area contributed by atoms with Crippen LogP contribution in [0.15, 0.2) is 53.4 Å². The highest BCUT2D eigenvalue weighted by Crippen LogP contribution is 2.27. The first-order valence-corrected chi connectivity index (χ1v) is 12.6. The van der Waals surface area contributed by atoms with E-state index in [1.54, 1.807) is 12.1 Å². The fourth-order valence-corrected chi connectivity index (χ4v) is 6.07. The number of sulfonamides is 1. The van der Waals surface area contributed by atoms with Crippen LogP contribution in [0.1, 0.15) is 24.8 Å². The van der Waals surface area contributed by atoms with Gasteiger partial charge < -0.3 is 9.80 Å². The van der Waals surface area contributed by atoms with Crippen molar-refractivity contribution in [2.24, 2.45) is 5.92 Å². The molecular weight excluding hydrogens is 443 g/mol. The maximum atomic E-state index is 14.0. The van der Waals surface area contributed by atoms with Crippen LogP contribution in [0.25, 0.3) is 0 Å². The van der Waals surface area contributed by atoms with Gasteiger partial charge in [-0.3, -0.25) is 4.79 Å². The molecule has 2 aromatic carbocycles. The second-order valence-electron chi connectivity index (χ2n) is 8.43. The highest BCUT2D eigenvalue weighted by atomic mass is 32.2. The van der Waals surface area contributed by atoms with E-state index in [9.17, 15) is 17.6 Å². The minimum Gasteiger partial charge on any atom is -0.370 e. The predicted molar refractivity (Wildman–Crippen MR) is 122 cm³/mol. The lowest BCUT2D eigenvalue weighted by Gasteiger charge is -2.33. The average Bonchev–Trinajstić information content (AvgIpc) is 3.10. The molecule has 1 amide bonds. The van der Waals surface area contributed by atoms with Crippen molar-refractivity contribution >= 4 is 21.6 Å². The van der Waals surface area contributed by atoms with Gasteiger partial charge in [0.15, 0.2) is 0 Å². The third-order valence-electron chi connectivity index (χ3n) is 6.43. The lowest BCUT2D eigenvalue weighted by atomic mass is 9.96. The zero-order chi connectivity index (χ0) is 23.4. The summed E-state index contributed by atoms with van der Waals surface area (Å²) in [5, 5.41) is 8.97. The van der Waals surface area contributed by atoms with Crippen LogP contribution >= 0.6 is 0 Å². The van der Waals surface area contributed by atoms with E-state index in [2.05, 4.69) is 11.0 Å². The number of hydrogen-bond donors (Lipinski definition) is 0. The smallest absolute Gasteiger partial charge is 0.245 e. The van der Waals surface area contributed by atoms with E-state index in [0.717, 1.165) is 24.7 Å². The van der Waals surface area contributed by atoms with Crippen LogP contribution in [-0.2, 0) is 14.8 Å². The Hall–Kier alpha value is -2.96. The van der Waals surface area contributed by atoms with E-state index in [1.165, 1.54) is 22.5 Å². The van der Waals surface area contributed by atoms with Gasteiger partial charge in [-0.15, -0.1) is 0 Å². The summed E-state index contributed by atoms with van der Waals surface area (Å²) in [5.41, 5.74) is 1.66. The van der Waals surface area contributed by atoms with Crippen molar-refractivity contribution in [1.82, 2.24) is 9.21 Å². The number of amides is 1. The van der Waals surface area contributed by atoms with Crippen LogP contribution in [-0.4, -0.2) is 62.8 Å². The fourth-order valence-electron chi connectivity index (χ4n) is 4.54. The zero-order valence-electron chi connectivity index (χ0n) is 18.4. The van der Waals surface area contributed by atoms with Crippen LogP contribution in [0.5, 0.6) is 0 Å². The molecule has 33 heavy (non-hydrogen) atoms. The van der Waals surface area contributed by atoms with Crippen LogP contribution in [0.4, 0.5) is 10.1 Å². The van der Waals surface area contributed by atoms with Gasteiger partial charge in [-0.1, -0.05) is 12.1 Å². The largest absolute Gasteiger partial charge is 0.370 e. The monoisotopic (exact) mass is 470 g/mol. The molecule has 0 saturated carbocycles. The Labute approximate surface area is 194 Å². The summed E-state index contributed by atoms with van der Waals surface area (Å²) in [6.45, 7) is 3.22. The number of benzene rings is 2. The number of carbonyl (C=O) groups is 1. The summed E-state index contributed by atoms with van der Waals surface area (Å²) in [4.78, 5) is 16.9. The van der Waals surface area contributed by atoms with Crippen LogP contribution < -0.4 is 4.90 Å². The summed E-state index contributed by atoms with van der Waals surface area (Å²) in [6.07, 6.45) is 1.71. The second kappa shape index (κ2) is 9.89. The summed E-state index contributed by atoms with van der Waals surface area (Å²) in [6, 6.07) is 15.0. The average molecular weight is 471 g/mol. The van der Waals surface area contributed by atoms with Gasteiger partial charge in [0.2, 0.25) is 15.9 Å². The van der Waals surface area contributed by atoms with E-state index in [4.69, 9.17) is 5.26 Å². The summed E-state index contributed by atoms with van der Waals surface area (Å²) in [5.74, 6) is -0.912. The molecule has 4 rings (SSSR count). The minimum atomic E-state index is -3.91. The number of nitriles is 1. The van der Waals surface area contributed by atoms with Crippen molar-refractivity contribution < 1.29 is 17.6 Å². The van der Waals surface area contributed by atoms with Crippen molar-refractivity contribution in [3.8, 4) is 6.07 Å². The van der Waals surface area contributed by atoms with Crippen molar-refractivity contribution in [1.29, 1.82) is 5.26 Å². The zero-order valence-corrected chi connectivity index (χ0v) is 19.2. The maximum absolute atomic E-state index is 14.0. The molecule has 2 heterocycles. The van der Waals surface area contributed by atoms with E-state index >= 15 is 0 Å². The van der Waals surface area contributed by atoms with Gasteiger partial charge in [-0.05, 0) is 55.7 Å². The Morgan fingerprint density at radius 2 is 1.64 bits per heavy atom. The number of hydrogen-bond acceptors (Lipinski definition) is 5. The SMILES string of the molecule is N#Cc1ccc(N2CCCN(C(=O)C3CCN(S(=O)(=O)c4ccccc4F)CC3)CC2)cc1. The maximum Gasteiger partial charge on any atom is 0.245 e. The van der Waals surface area contributed by atoms with Crippen molar-refractivity contribution in [2.45, 2.75) is 24.2 Å². The van der Waals surface area contributed by atoms with Gasteiger partial charge in [0.25, 0.3) is 0 Å². The normalized spacial score (nSPS) is 18.5. The number of nitrogens with zero attached hydrogens (tertiary/aromatic N) is 4. The predicted octanol–water partition coefficient (Wildman–Crippen LogP) is 2.84. The lowest BCUT2D eigenvalue weighted by molar-refractivity contribution is -0.136. The molecule has 0 spiro atoms. The highest BCUT2D eigenvalue weighted by Gasteiger charge is 2.35. The van der Waals surface area contributed by atoms with Gasteiger partial charge in [0.1, 0.15) is 10.7 Å². The first-order valence-electron chi connectivity index (χ1n) is 11.2. The molecule has 0 N–H and O–H groups in total. The summed E-state index contributed by atoms with van der Waals surface area (Å²) >= 11 is 0. The van der Waals surface area contributed by atoms with Gasteiger partial charge in [-0.2, -0.15) is 9.57 Å². The van der Waals surface area contributed by atoms with Crippen molar-refractivity contribution in [3.05, 3.63) is 59.9 Å². The lowest BCUT2D eigenvalue weighted by Crippen LogP contribution is -2.45. The van der Waals surface area contributed by atoms with Gasteiger partial charge >= 0.3 is 0 Å². The third-order valence-corrected chi connectivity index (χ3v) is 8.36. The molecule has 0 aliphatic carbocycles. The molecule has 9 heteroatoms. The highest BCUT2D eigenvalue weighted by molar-refractivity contribution is 7.89. The fraction of sp³-hybridized carbons (Fsp3) is 0.417. The minimum absolute atomic E-state index is 0.0691. The van der Waals surface area contributed by atoms with E-state index in [0.29, 0.717) is 38.0 Å². The molecule has 0 bridgehead atoms. The van der Waals surface area contributed by atoms with Gasteiger partial charge in [0.05, 0.1) is 11.6 Å². The first kappa shape index (κ1) is 23.2. The standard InChI is InChI=1S/C24H27FN4O3S/c25-22-4-1-2-5-23(22)33(31,32)29-14-10-20(11-15-29)24(30)28-13-3-12-27(16-17-28)21-8-6-19(18-26)7-9-21/h1-2,4-9,20H,3,10-17H2. The quantitative estimate of drug-likeness (QED) is 0.686. The van der Waals surface area contributed by atoms with Crippen LogP contribution in [0.2, 0.25) is 0 Å². The van der Waals surface area contributed by atoms with Crippen LogP contribution in [0, 0.1) is 23.1 Å². The molecule has 2 saturated heterocycles. The van der Waals surface area contributed by atoms with Crippen molar-refractivity contribution in [3.63, 3.8) is 0 Å². The van der Waals surface area contributed by atoms with E-state index < -0.39 is 15.8 Å². The topological polar surface area (TPSA) is 84.7 Å². The molecule has 0 aromatic heterocycles. The molecule has 174 valence electrons. The summed E-state index contributed by atoms with van der Waals surface area (Å²) < 4.78 is 40.9. The Morgan fingerprint density at radius 1 is 0.939 bits per heavy atom. The Bertz CT molecular complexity index is 1140. The second-order valence-corrected chi connectivity index (χ2v) is 10.3.